The molecule has 0 aliphatic carbocycles. The van der Waals surface area contributed by atoms with Gasteiger partial charge in [0.1, 0.15) is 5.04 Å². The van der Waals surface area contributed by atoms with Gasteiger partial charge in [-0.3, -0.25) is 14.5 Å². The van der Waals surface area contributed by atoms with Crippen LogP contribution in [0.25, 0.3) is 0 Å². The van der Waals surface area contributed by atoms with Crippen molar-refractivity contribution >= 4 is 28.6 Å². The van der Waals surface area contributed by atoms with Crippen molar-refractivity contribution in [1.82, 2.24) is 20.5 Å². The first-order valence-electron chi connectivity index (χ1n) is 10.4. The molecule has 0 aliphatic heterocycles. The number of hydrogen-bond donors (Lipinski definition) is 4. The fourth-order valence-corrected chi connectivity index (χ4v) is 3.31. The number of halogens is 3. The minimum absolute atomic E-state index is 0.00229. The van der Waals surface area contributed by atoms with Crippen LogP contribution in [0.4, 0.5) is 13.2 Å². The number of aromatic nitrogens is 2. The van der Waals surface area contributed by atoms with Crippen LogP contribution in [-0.4, -0.2) is 52.3 Å². The molecule has 1 aromatic heterocycles. The molecule has 6 N–H and O–H groups in total. The number of nitrogens with one attached hydrogen (secondary N) is 2. The van der Waals surface area contributed by atoms with Crippen LogP contribution in [0.15, 0.2) is 40.2 Å². The highest BCUT2D eigenvalue weighted by molar-refractivity contribution is 8.25. The number of nitrogens with zero attached hydrogens (tertiary/aromatic N) is 4. The lowest BCUT2D eigenvalue weighted by Gasteiger charge is -2.31. The van der Waals surface area contributed by atoms with Gasteiger partial charge in [-0.1, -0.05) is 20.4 Å². The number of hydrazone groups is 1. The van der Waals surface area contributed by atoms with E-state index in [1.165, 1.54) is 13.2 Å². The van der Waals surface area contributed by atoms with Gasteiger partial charge in [-0.15, -0.1) is 0 Å². The Balaban J connectivity index is 0.00000529. The Hall–Kier alpha value is -2.80. The number of alkyl halides is 3. The highest BCUT2D eigenvalue weighted by Crippen LogP contribution is 2.30. The molecular weight excluding hydrogens is 469 g/mol. The summed E-state index contributed by atoms with van der Waals surface area (Å²) < 4.78 is 41.1. The molecule has 1 atom stereocenters. The molecule has 0 fully saturated rings. The van der Waals surface area contributed by atoms with Gasteiger partial charge in [0.2, 0.25) is 0 Å². The van der Waals surface area contributed by atoms with Gasteiger partial charge in [-0.05, 0) is 49.9 Å². The Bertz CT molecular complexity index is 891. The highest BCUT2D eigenvalue weighted by Gasteiger charge is 2.36. The van der Waals surface area contributed by atoms with Crippen molar-refractivity contribution in [2.24, 2.45) is 21.6 Å². The molecule has 0 amide bonds. The first-order valence-corrected chi connectivity index (χ1v) is 11.3. The number of thioether (sulfide) groups is 1. The summed E-state index contributed by atoms with van der Waals surface area (Å²) >= 11 is 0.641. The largest absolute Gasteiger partial charge is 0.435 e. The summed E-state index contributed by atoms with van der Waals surface area (Å²) in [6.45, 7) is 11.5. The molecule has 0 spiro atoms. The van der Waals surface area contributed by atoms with Crippen molar-refractivity contribution in [1.29, 1.82) is 0 Å². The molecule has 0 aliphatic rings. The van der Waals surface area contributed by atoms with Gasteiger partial charge >= 0.3 is 6.18 Å². The van der Waals surface area contributed by atoms with Gasteiger partial charge in [-0.2, -0.15) is 23.4 Å². The van der Waals surface area contributed by atoms with Crippen LogP contribution in [0, 0.1) is 0 Å². The van der Waals surface area contributed by atoms with Gasteiger partial charge < -0.3 is 22.2 Å². The van der Waals surface area contributed by atoms with Crippen molar-refractivity contribution in [2.75, 3.05) is 14.1 Å². The molecule has 0 saturated heterocycles. The topological polar surface area (TPSA) is 136 Å². The van der Waals surface area contributed by atoms with Crippen molar-refractivity contribution in [3.63, 3.8) is 0 Å². The van der Waals surface area contributed by atoms with E-state index < -0.39 is 23.5 Å². The number of carbonyl (C=O) groups is 1. The summed E-state index contributed by atoms with van der Waals surface area (Å²) in [4.78, 5) is 14.9. The molecule has 1 heterocycles. The molecule has 34 heavy (non-hydrogen) atoms. The van der Waals surface area contributed by atoms with Crippen molar-refractivity contribution in [2.45, 2.75) is 58.4 Å². The molecule has 9 nitrogen and oxygen atoms in total. The summed E-state index contributed by atoms with van der Waals surface area (Å²) in [6.07, 6.45) is -1.31. The molecule has 0 aromatic carbocycles. The van der Waals surface area contributed by atoms with Crippen molar-refractivity contribution < 1.29 is 18.0 Å². The molecule has 13 heteroatoms. The smallest absolute Gasteiger partial charge is 0.404 e. The van der Waals surface area contributed by atoms with Crippen LogP contribution >= 0.6 is 11.8 Å². The Kier molecular flexibility index (Phi) is 13.3. The summed E-state index contributed by atoms with van der Waals surface area (Å²) in [5.41, 5.74) is 14.0. The van der Waals surface area contributed by atoms with Crippen LogP contribution in [-0.2, 0) is 17.5 Å². The highest BCUT2D eigenvalue weighted by atomic mass is 32.2. The monoisotopic (exact) mass is 504 g/mol. The number of carbonyl (C=O) groups excluding carboxylic acids is 1. The average Bonchev–Trinajstić information content (AvgIpc) is 3.17. The first kappa shape index (κ1) is 31.2. The van der Waals surface area contributed by atoms with Gasteiger partial charge in [-0.25, -0.2) is 0 Å². The van der Waals surface area contributed by atoms with E-state index in [0.717, 1.165) is 10.7 Å². The Morgan fingerprint density at radius 2 is 2.00 bits per heavy atom. The lowest BCUT2D eigenvalue weighted by molar-refractivity contribution is -0.141. The summed E-state index contributed by atoms with van der Waals surface area (Å²) in [6, 6.07) is 0.336. The fraction of sp³-hybridized carbons (Fsp3) is 0.524. The second-order valence-electron chi connectivity index (χ2n) is 7.40. The van der Waals surface area contributed by atoms with E-state index >= 15 is 0 Å². The minimum Gasteiger partial charge on any atom is -0.404 e. The number of rotatable bonds is 11. The third-order valence-electron chi connectivity index (χ3n) is 4.12. The Morgan fingerprint density at radius 3 is 2.47 bits per heavy atom. The van der Waals surface area contributed by atoms with Gasteiger partial charge in [0.05, 0.1) is 17.8 Å². The number of aliphatic imine (C=N–C) groups is 1. The number of nitrogens with two attached hydrogens (primary N) is 2. The van der Waals surface area contributed by atoms with E-state index in [9.17, 15) is 18.0 Å². The second-order valence-corrected chi connectivity index (χ2v) is 8.21. The predicted octanol–water partition coefficient (Wildman–Crippen LogP) is 2.88. The van der Waals surface area contributed by atoms with E-state index in [1.807, 2.05) is 13.8 Å². The zero-order valence-electron chi connectivity index (χ0n) is 20.4. The van der Waals surface area contributed by atoms with E-state index in [1.54, 1.807) is 27.1 Å². The summed E-state index contributed by atoms with van der Waals surface area (Å²) in [5.74, 6) is 0. The quantitative estimate of drug-likeness (QED) is 0.157. The molecule has 0 saturated carbocycles. The SMILES string of the molecule is C=C(NC(C)(C)Cn1nc(C(F)(F)F)cc1/C(=N/NC)SC=O)[C@H](N)C/C(C=NC)=C/N.CC. The van der Waals surface area contributed by atoms with Crippen LogP contribution in [0.3, 0.4) is 0 Å². The van der Waals surface area contributed by atoms with E-state index in [4.69, 9.17) is 11.5 Å². The zero-order valence-corrected chi connectivity index (χ0v) is 21.2. The third kappa shape index (κ3) is 10.00. The van der Waals surface area contributed by atoms with Crippen molar-refractivity contribution in [3.05, 3.63) is 41.5 Å². The second kappa shape index (κ2) is 14.5. The minimum atomic E-state index is -4.66. The number of hydrogen-bond acceptors (Lipinski definition) is 9. The van der Waals surface area contributed by atoms with Crippen LogP contribution in [0.1, 0.15) is 45.5 Å². The Morgan fingerprint density at radius 1 is 1.38 bits per heavy atom. The molecule has 0 radical (unpaired) electrons. The lowest BCUT2D eigenvalue weighted by Crippen LogP contribution is -2.47. The molecule has 0 bridgehead atoms. The average molecular weight is 505 g/mol. The molecule has 1 rings (SSSR count). The van der Waals surface area contributed by atoms with Crippen LogP contribution in [0.2, 0.25) is 0 Å². The summed E-state index contributed by atoms with van der Waals surface area (Å²) in [7, 11) is 3.08. The fourth-order valence-electron chi connectivity index (χ4n) is 2.79. The standard InChI is InChI=1S/C19H29F3N8OS.C2H6/c1-12(14(24)6-13(8-23)9-25-4)27-18(2,3)10-30-15(17(28-26-5)32-11-31)7-16(29-30)19(20,21)22;1-2/h7-9,11,14,26-27H,1,6,10,23-24H2,2-5H3;1-2H3/b13-8-,25-9?,28-17-;/t14-;/m1./s1. The van der Waals surface area contributed by atoms with E-state index in [2.05, 4.69) is 32.5 Å². The predicted molar refractivity (Wildman–Crippen MR) is 134 cm³/mol. The zero-order chi connectivity index (χ0) is 26.5. The van der Waals surface area contributed by atoms with E-state index in [0.29, 0.717) is 35.1 Å². The van der Waals surface area contributed by atoms with Crippen LogP contribution < -0.4 is 22.2 Å². The maximum absolute atomic E-state index is 13.3. The van der Waals surface area contributed by atoms with Gasteiger partial charge in [0.25, 0.3) is 0 Å². The Labute approximate surface area is 203 Å². The molecule has 192 valence electrons. The lowest BCUT2D eigenvalue weighted by atomic mass is 10.0. The third-order valence-corrected chi connectivity index (χ3v) is 4.74. The van der Waals surface area contributed by atoms with Gasteiger partial charge in [0.15, 0.2) is 11.3 Å². The molecule has 1 aromatic rings. The summed E-state index contributed by atoms with van der Waals surface area (Å²) in [5, 5.41) is 10.8. The maximum atomic E-state index is 13.3. The normalized spacial score (nSPS) is 13.8. The van der Waals surface area contributed by atoms with Crippen molar-refractivity contribution in [3.8, 4) is 0 Å². The van der Waals surface area contributed by atoms with Crippen LogP contribution in [0.5, 0.6) is 0 Å². The van der Waals surface area contributed by atoms with E-state index in [-0.39, 0.29) is 17.3 Å². The van der Waals surface area contributed by atoms with Gasteiger partial charge in [0, 0.05) is 32.0 Å². The molecular formula is C21H35F3N8OS. The maximum Gasteiger partial charge on any atom is 0.435 e. The first-order chi connectivity index (χ1) is 15.9. The molecule has 0 unspecified atom stereocenters.